The van der Waals surface area contributed by atoms with Crippen LogP contribution in [0.3, 0.4) is 0 Å². The number of nitrogens with zero attached hydrogens (tertiary/aromatic N) is 1. The van der Waals surface area contributed by atoms with Gasteiger partial charge in [0, 0.05) is 16.6 Å². The fourth-order valence-corrected chi connectivity index (χ4v) is 2.97. The van der Waals surface area contributed by atoms with Gasteiger partial charge >= 0.3 is 12.6 Å². The lowest BCUT2D eigenvalue weighted by molar-refractivity contribution is -0.144. The quantitative estimate of drug-likeness (QED) is 0.869. The zero-order valence-corrected chi connectivity index (χ0v) is 12.9. The average Bonchev–Trinajstić information content (AvgIpc) is 2.42. The molecular weight excluding hydrogens is 348 g/mol. The molecule has 1 aliphatic heterocycles. The van der Waals surface area contributed by atoms with Crippen LogP contribution in [0, 0.1) is 0 Å². The highest BCUT2D eigenvalue weighted by molar-refractivity contribution is 9.10. The van der Waals surface area contributed by atoms with Gasteiger partial charge in [-0.05, 0) is 37.6 Å². The summed E-state index contributed by atoms with van der Waals surface area (Å²) in [6.07, 6.45) is 2.35. The molecule has 0 aromatic heterocycles. The van der Waals surface area contributed by atoms with Crippen molar-refractivity contribution in [3.63, 3.8) is 0 Å². The molecule has 1 atom stereocenters. The maximum Gasteiger partial charge on any atom is 0.387 e. The summed E-state index contributed by atoms with van der Waals surface area (Å²) in [5.74, 6) is -0.788. The standard InChI is InChI=1S/C14H16BrF2NO3/c15-10-4-5-12(21-14(16)17)9(7-10)8-18-6-2-1-3-11(18)13(19)20/h4-5,7,11,14H,1-3,6,8H2,(H,19,20). The summed E-state index contributed by atoms with van der Waals surface area (Å²) < 4.78 is 30.1. The molecule has 0 aliphatic carbocycles. The first-order valence-corrected chi connectivity index (χ1v) is 7.47. The number of benzene rings is 1. The van der Waals surface area contributed by atoms with Gasteiger partial charge in [0.1, 0.15) is 11.8 Å². The second kappa shape index (κ2) is 7.17. The van der Waals surface area contributed by atoms with Crippen LogP contribution in [0.25, 0.3) is 0 Å². The van der Waals surface area contributed by atoms with Crippen LogP contribution in [0.5, 0.6) is 5.75 Å². The van der Waals surface area contributed by atoms with Crippen molar-refractivity contribution in [3.05, 3.63) is 28.2 Å². The van der Waals surface area contributed by atoms with Gasteiger partial charge in [0.05, 0.1) is 0 Å². The highest BCUT2D eigenvalue weighted by atomic mass is 79.9. The molecule has 1 fully saturated rings. The molecule has 0 amide bonds. The fraction of sp³-hybridized carbons (Fsp3) is 0.500. The van der Waals surface area contributed by atoms with Crippen molar-refractivity contribution in [2.24, 2.45) is 0 Å². The molecule has 1 N–H and O–H groups in total. The third-order valence-electron chi connectivity index (χ3n) is 3.51. The minimum atomic E-state index is -2.90. The van der Waals surface area contributed by atoms with Gasteiger partial charge in [-0.1, -0.05) is 22.4 Å². The van der Waals surface area contributed by atoms with Gasteiger partial charge < -0.3 is 9.84 Å². The third-order valence-corrected chi connectivity index (χ3v) is 4.00. The number of ether oxygens (including phenoxy) is 1. The van der Waals surface area contributed by atoms with Crippen LogP contribution in [0.2, 0.25) is 0 Å². The first kappa shape index (κ1) is 16.2. The molecule has 7 heteroatoms. The summed E-state index contributed by atoms with van der Waals surface area (Å²) >= 11 is 3.29. The summed E-state index contributed by atoms with van der Waals surface area (Å²) in [6, 6.07) is 4.19. The molecule has 1 heterocycles. The smallest absolute Gasteiger partial charge is 0.387 e. The lowest BCUT2D eigenvalue weighted by Gasteiger charge is -2.33. The molecule has 0 radical (unpaired) electrons. The van der Waals surface area contributed by atoms with Gasteiger partial charge in [0.15, 0.2) is 0 Å². The van der Waals surface area contributed by atoms with E-state index in [0.717, 1.165) is 17.3 Å². The second-order valence-corrected chi connectivity index (χ2v) is 5.87. The Bertz CT molecular complexity index is 513. The van der Waals surface area contributed by atoms with Crippen LogP contribution in [0.1, 0.15) is 24.8 Å². The monoisotopic (exact) mass is 363 g/mol. The lowest BCUT2D eigenvalue weighted by atomic mass is 10.0. The van der Waals surface area contributed by atoms with Crippen molar-refractivity contribution >= 4 is 21.9 Å². The van der Waals surface area contributed by atoms with E-state index >= 15 is 0 Å². The van der Waals surface area contributed by atoms with E-state index in [4.69, 9.17) is 0 Å². The Kier molecular flexibility index (Phi) is 5.52. The number of likely N-dealkylation sites (tertiary alicyclic amines) is 1. The van der Waals surface area contributed by atoms with E-state index < -0.39 is 18.6 Å². The Morgan fingerprint density at radius 2 is 2.24 bits per heavy atom. The molecule has 116 valence electrons. The van der Waals surface area contributed by atoms with Gasteiger partial charge in [-0.25, -0.2) is 0 Å². The van der Waals surface area contributed by atoms with Crippen LogP contribution in [0.15, 0.2) is 22.7 Å². The number of carboxylic acid groups (broad SMARTS) is 1. The van der Waals surface area contributed by atoms with E-state index in [1.807, 2.05) is 0 Å². The number of alkyl halides is 2. The van der Waals surface area contributed by atoms with Gasteiger partial charge in [-0.2, -0.15) is 8.78 Å². The predicted molar refractivity (Wildman–Crippen MR) is 76.5 cm³/mol. The van der Waals surface area contributed by atoms with Gasteiger partial charge in [0.25, 0.3) is 0 Å². The van der Waals surface area contributed by atoms with Crippen molar-refractivity contribution in [1.29, 1.82) is 0 Å². The number of rotatable bonds is 5. The molecule has 4 nitrogen and oxygen atoms in total. The molecule has 1 unspecified atom stereocenters. The van der Waals surface area contributed by atoms with Crippen LogP contribution in [-0.4, -0.2) is 35.2 Å². The van der Waals surface area contributed by atoms with Crippen molar-refractivity contribution in [2.45, 2.75) is 38.5 Å². The van der Waals surface area contributed by atoms with Crippen LogP contribution >= 0.6 is 15.9 Å². The first-order valence-electron chi connectivity index (χ1n) is 6.67. The van der Waals surface area contributed by atoms with Gasteiger partial charge in [-0.15, -0.1) is 0 Å². The van der Waals surface area contributed by atoms with E-state index in [0.29, 0.717) is 18.5 Å². The van der Waals surface area contributed by atoms with Gasteiger partial charge in [-0.3, -0.25) is 9.69 Å². The summed E-state index contributed by atoms with van der Waals surface area (Å²) in [5.41, 5.74) is 0.554. The zero-order valence-electron chi connectivity index (χ0n) is 11.3. The summed E-state index contributed by atoms with van der Waals surface area (Å²) in [6.45, 7) is -1.99. The average molecular weight is 364 g/mol. The number of hydrogen-bond donors (Lipinski definition) is 1. The van der Waals surface area contributed by atoms with Gasteiger partial charge in [0.2, 0.25) is 0 Å². The third kappa shape index (κ3) is 4.38. The normalized spacial score (nSPS) is 19.7. The Labute approximate surface area is 129 Å². The van der Waals surface area contributed by atoms with E-state index in [1.165, 1.54) is 6.07 Å². The Morgan fingerprint density at radius 1 is 1.48 bits per heavy atom. The predicted octanol–water partition coefficient (Wildman–Crippen LogP) is 3.49. The SMILES string of the molecule is O=C(O)C1CCCCN1Cc1cc(Br)ccc1OC(F)F. The number of halogens is 3. The fourth-order valence-electron chi connectivity index (χ4n) is 2.56. The number of carbonyl (C=O) groups is 1. The Hall–Kier alpha value is -1.21. The highest BCUT2D eigenvalue weighted by Crippen LogP contribution is 2.28. The molecule has 0 spiro atoms. The summed E-state index contributed by atoms with van der Waals surface area (Å²) in [5, 5.41) is 9.25. The highest BCUT2D eigenvalue weighted by Gasteiger charge is 2.29. The molecule has 0 saturated carbocycles. The van der Waals surface area contributed by atoms with Crippen molar-refractivity contribution in [3.8, 4) is 5.75 Å². The topological polar surface area (TPSA) is 49.8 Å². The minimum absolute atomic E-state index is 0.0860. The maximum absolute atomic E-state index is 12.4. The van der Waals surface area contributed by atoms with Crippen LogP contribution in [-0.2, 0) is 11.3 Å². The van der Waals surface area contributed by atoms with Crippen molar-refractivity contribution < 1.29 is 23.4 Å². The number of piperidine rings is 1. The number of carboxylic acids is 1. The molecule has 1 aromatic rings. The molecule has 21 heavy (non-hydrogen) atoms. The Balaban J connectivity index is 2.20. The lowest BCUT2D eigenvalue weighted by Crippen LogP contribution is -2.44. The van der Waals surface area contributed by atoms with Crippen LogP contribution < -0.4 is 4.74 Å². The molecule has 0 bridgehead atoms. The molecule has 2 rings (SSSR count). The zero-order chi connectivity index (χ0) is 15.4. The molecule has 1 aliphatic rings. The van der Waals surface area contributed by atoms with E-state index in [2.05, 4.69) is 20.7 Å². The maximum atomic E-state index is 12.4. The minimum Gasteiger partial charge on any atom is -0.480 e. The van der Waals surface area contributed by atoms with Crippen molar-refractivity contribution in [2.75, 3.05) is 6.54 Å². The van der Waals surface area contributed by atoms with E-state index in [-0.39, 0.29) is 12.3 Å². The molecular formula is C14H16BrF2NO3. The van der Waals surface area contributed by atoms with E-state index in [9.17, 15) is 18.7 Å². The second-order valence-electron chi connectivity index (χ2n) is 4.95. The van der Waals surface area contributed by atoms with E-state index in [1.54, 1.807) is 17.0 Å². The number of hydrogen-bond acceptors (Lipinski definition) is 3. The van der Waals surface area contributed by atoms with Crippen LogP contribution in [0.4, 0.5) is 8.78 Å². The summed E-state index contributed by atoms with van der Waals surface area (Å²) in [7, 11) is 0. The largest absolute Gasteiger partial charge is 0.480 e. The molecule has 1 saturated heterocycles. The Morgan fingerprint density at radius 3 is 2.90 bits per heavy atom. The van der Waals surface area contributed by atoms with Crippen molar-refractivity contribution in [1.82, 2.24) is 4.90 Å². The number of aliphatic carboxylic acids is 1. The first-order chi connectivity index (χ1) is 9.97. The molecule has 1 aromatic carbocycles. The summed E-state index contributed by atoms with van der Waals surface area (Å²) in [4.78, 5) is 13.1.